The minimum Gasteiger partial charge on any atom is -0.482 e. The topological polar surface area (TPSA) is 38.0 Å². The van der Waals surface area contributed by atoms with Crippen LogP contribution in [-0.2, 0) is 6.42 Å². The van der Waals surface area contributed by atoms with Gasteiger partial charge in [-0.2, -0.15) is 0 Å². The fourth-order valence-corrected chi connectivity index (χ4v) is 7.55. The van der Waals surface area contributed by atoms with Gasteiger partial charge in [0.15, 0.2) is 0 Å². The molecule has 2 nitrogen and oxygen atoms in total. The molecular formula is C42H49N2-. The van der Waals surface area contributed by atoms with Gasteiger partial charge in [-0.1, -0.05) is 131 Å². The van der Waals surface area contributed by atoms with E-state index < -0.39 is 0 Å². The number of fused-ring (bicyclic) bond motifs is 1. The van der Waals surface area contributed by atoms with Crippen LogP contribution < -0.4 is 0 Å². The van der Waals surface area contributed by atoms with E-state index >= 15 is 0 Å². The van der Waals surface area contributed by atoms with Crippen LogP contribution in [0.15, 0.2) is 91.5 Å². The zero-order chi connectivity index (χ0) is 31.8. The highest BCUT2D eigenvalue weighted by molar-refractivity contribution is 6.13. The van der Waals surface area contributed by atoms with E-state index in [1.165, 1.54) is 33.4 Å². The molecule has 2 aliphatic rings. The third-order valence-electron chi connectivity index (χ3n) is 10.4. The largest absolute Gasteiger partial charge is 0.482 e. The fraction of sp³-hybridized carbons (Fsp3) is 0.357. The summed E-state index contributed by atoms with van der Waals surface area (Å²) in [5, 5.41) is 13.9. The zero-order valence-electron chi connectivity index (χ0n) is 27.9. The van der Waals surface area contributed by atoms with E-state index in [1.54, 1.807) is 5.57 Å². The third kappa shape index (κ3) is 5.92. The van der Waals surface area contributed by atoms with Gasteiger partial charge in [-0.15, -0.1) is 0 Å². The van der Waals surface area contributed by atoms with Gasteiger partial charge in [0, 0.05) is 5.41 Å². The molecule has 3 aromatic rings. The molecule has 228 valence electrons. The number of hydrogen-bond acceptors (Lipinski definition) is 1. The molecule has 0 fully saturated rings. The van der Waals surface area contributed by atoms with E-state index in [0.29, 0.717) is 11.8 Å². The predicted octanol–water partition coefficient (Wildman–Crippen LogP) is 12.2. The maximum Gasteiger partial charge on any atom is 0.0113 e. The Morgan fingerprint density at radius 3 is 2.25 bits per heavy atom. The van der Waals surface area contributed by atoms with Crippen LogP contribution in [-0.4, -0.2) is 5.84 Å². The summed E-state index contributed by atoms with van der Waals surface area (Å²) in [5.41, 5.74) is 14.2. The van der Waals surface area contributed by atoms with Crippen molar-refractivity contribution in [2.24, 2.45) is 16.7 Å². The SMILES string of the molecule is C=C(C)c1ccc(C2=CC[C@]3(C)CCC(C(=C)c4ccccc4C(=N)[N-]c4cc(C)c(C)cc4CC)CC=C3C2(C)C)cc1. The zero-order valence-corrected chi connectivity index (χ0v) is 27.9. The van der Waals surface area contributed by atoms with Gasteiger partial charge >= 0.3 is 0 Å². The van der Waals surface area contributed by atoms with Crippen LogP contribution in [0.2, 0.25) is 0 Å². The minimum atomic E-state index is -0.0595. The maximum absolute atomic E-state index is 9.08. The summed E-state index contributed by atoms with van der Waals surface area (Å²) in [6, 6.07) is 21.5. The van der Waals surface area contributed by atoms with E-state index in [0.717, 1.165) is 60.1 Å². The molecule has 2 atom stereocenters. The molecular weight excluding hydrogens is 532 g/mol. The number of rotatable bonds is 7. The monoisotopic (exact) mass is 581 g/mol. The minimum absolute atomic E-state index is 0.0595. The van der Waals surface area contributed by atoms with Crippen molar-refractivity contribution < 1.29 is 0 Å². The number of aryl methyl sites for hydroxylation is 3. The molecule has 0 aliphatic heterocycles. The van der Waals surface area contributed by atoms with E-state index in [9.17, 15) is 0 Å². The highest BCUT2D eigenvalue weighted by Crippen LogP contribution is 2.58. The van der Waals surface area contributed by atoms with Gasteiger partial charge in [-0.3, -0.25) is 0 Å². The molecule has 1 unspecified atom stereocenters. The second kappa shape index (κ2) is 12.2. The molecule has 1 N–H and O–H groups in total. The molecule has 2 aliphatic carbocycles. The Kier molecular flexibility index (Phi) is 8.76. The molecule has 0 aromatic heterocycles. The lowest BCUT2D eigenvalue weighted by molar-refractivity contribution is 0.293. The summed E-state index contributed by atoms with van der Waals surface area (Å²) in [6.07, 6.45) is 10.1. The number of nitrogens with one attached hydrogen (secondary N) is 1. The molecule has 0 saturated heterocycles. The normalized spacial score (nSPS) is 20.9. The molecule has 0 heterocycles. The number of hydrogen-bond donors (Lipinski definition) is 1. The number of nitrogens with zero attached hydrogens (tertiary/aromatic N) is 1. The van der Waals surface area contributed by atoms with Crippen LogP contribution in [0, 0.1) is 36.0 Å². The molecule has 5 rings (SSSR count). The number of amidine groups is 1. The first-order valence-corrected chi connectivity index (χ1v) is 16.2. The van der Waals surface area contributed by atoms with Crippen molar-refractivity contribution >= 4 is 28.2 Å². The van der Waals surface area contributed by atoms with E-state index in [4.69, 9.17) is 10.7 Å². The second-order valence-corrected chi connectivity index (χ2v) is 13.9. The van der Waals surface area contributed by atoms with Crippen LogP contribution in [0.25, 0.3) is 22.0 Å². The molecule has 0 amide bonds. The molecule has 2 heteroatoms. The van der Waals surface area contributed by atoms with Crippen molar-refractivity contribution in [1.82, 2.24) is 0 Å². The standard InChI is InChI=1S/C42H49N2/c1-10-31-25-28(4)29(5)26-38(31)44-40(43)36-14-12-11-13-35(36)30(6)33-19-20-39-41(7,8)37(22-24-42(39,9)23-21-33)34-17-15-32(16-18-34)27(2)3/h11-18,20,22,25-26,33H,2,6,10,19,21,23-24H2,1,3-5,7-9H3,(H-,43,44)/q-1/t33?,42-/m0/s1. The van der Waals surface area contributed by atoms with Crippen molar-refractivity contribution in [3.63, 3.8) is 0 Å². The highest BCUT2D eigenvalue weighted by Gasteiger charge is 2.44. The lowest BCUT2D eigenvalue weighted by Crippen LogP contribution is -2.33. The van der Waals surface area contributed by atoms with Crippen LogP contribution in [0.3, 0.4) is 0 Å². The Bertz CT molecular complexity index is 1680. The van der Waals surface area contributed by atoms with Crippen LogP contribution in [0.1, 0.15) is 99.2 Å². The average molecular weight is 582 g/mol. The second-order valence-electron chi connectivity index (χ2n) is 13.9. The molecule has 0 spiro atoms. The van der Waals surface area contributed by atoms with Gasteiger partial charge in [0.2, 0.25) is 0 Å². The Morgan fingerprint density at radius 2 is 1.59 bits per heavy atom. The maximum atomic E-state index is 9.08. The van der Waals surface area contributed by atoms with Crippen molar-refractivity contribution in [1.29, 1.82) is 5.41 Å². The molecule has 3 aromatic carbocycles. The van der Waals surface area contributed by atoms with Crippen molar-refractivity contribution in [3.8, 4) is 0 Å². The quantitative estimate of drug-likeness (QED) is 0.164. The molecule has 0 saturated carbocycles. The first-order valence-electron chi connectivity index (χ1n) is 16.2. The first kappa shape index (κ1) is 31.5. The van der Waals surface area contributed by atoms with Gasteiger partial charge in [0.1, 0.15) is 0 Å². The lowest BCUT2D eigenvalue weighted by atomic mass is 9.58. The Hall–Kier alpha value is -3.91. The molecule has 44 heavy (non-hydrogen) atoms. The number of benzene rings is 3. The number of allylic oxidation sites excluding steroid dienone is 6. The van der Waals surface area contributed by atoms with Gasteiger partial charge in [-0.25, -0.2) is 0 Å². The van der Waals surface area contributed by atoms with Crippen molar-refractivity contribution in [2.45, 2.75) is 80.6 Å². The first-order chi connectivity index (χ1) is 20.9. The average Bonchev–Trinajstić information content (AvgIpc) is 3.18. The van der Waals surface area contributed by atoms with E-state index in [2.05, 4.69) is 122 Å². The van der Waals surface area contributed by atoms with Gasteiger partial charge in [0.05, 0.1) is 0 Å². The summed E-state index contributed by atoms with van der Waals surface area (Å²) in [7, 11) is 0. The van der Waals surface area contributed by atoms with E-state index in [1.807, 2.05) is 12.1 Å². The Labute approximate surface area is 266 Å². The summed E-state index contributed by atoms with van der Waals surface area (Å²) >= 11 is 0. The third-order valence-corrected chi connectivity index (χ3v) is 10.4. The Balaban J connectivity index is 1.40. The summed E-state index contributed by atoms with van der Waals surface area (Å²) in [5.74, 6) is 0.626. The molecule has 0 bridgehead atoms. The van der Waals surface area contributed by atoms with Gasteiger partial charge in [-0.05, 0) is 120 Å². The van der Waals surface area contributed by atoms with Crippen LogP contribution in [0.4, 0.5) is 5.69 Å². The lowest BCUT2D eigenvalue weighted by Gasteiger charge is -2.46. The summed E-state index contributed by atoms with van der Waals surface area (Å²) < 4.78 is 0. The summed E-state index contributed by atoms with van der Waals surface area (Å²) in [4.78, 5) is 0. The smallest absolute Gasteiger partial charge is 0.0113 e. The highest BCUT2D eigenvalue weighted by atomic mass is 14.9. The van der Waals surface area contributed by atoms with Gasteiger partial charge < -0.3 is 10.7 Å². The fourth-order valence-electron chi connectivity index (χ4n) is 7.55. The van der Waals surface area contributed by atoms with E-state index in [-0.39, 0.29) is 10.8 Å². The summed E-state index contributed by atoms with van der Waals surface area (Å²) in [6.45, 7) is 24.5. The van der Waals surface area contributed by atoms with Crippen molar-refractivity contribution in [2.75, 3.05) is 0 Å². The van der Waals surface area contributed by atoms with Crippen LogP contribution >= 0.6 is 0 Å². The van der Waals surface area contributed by atoms with Gasteiger partial charge in [0.25, 0.3) is 0 Å². The predicted molar refractivity (Wildman–Crippen MR) is 192 cm³/mol. The van der Waals surface area contributed by atoms with Crippen molar-refractivity contribution in [3.05, 3.63) is 136 Å². The Morgan fingerprint density at radius 1 is 0.932 bits per heavy atom. The van der Waals surface area contributed by atoms with Crippen LogP contribution in [0.5, 0.6) is 0 Å². The molecule has 0 radical (unpaired) electrons.